The Morgan fingerprint density at radius 3 is 2.80 bits per heavy atom. The number of pyridine rings is 1. The lowest BCUT2D eigenvalue weighted by Gasteiger charge is -2.12. The summed E-state index contributed by atoms with van der Waals surface area (Å²) in [5.41, 5.74) is 5.01. The molecular formula is C25H24N2O3. The van der Waals surface area contributed by atoms with E-state index in [1.165, 1.54) is 0 Å². The average Bonchev–Trinajstić information content (AvgIpc) is 3.01. The number of nitrogens with one attached hydrogen (secondary N) is 1. The van der Waals surface area contributed by atoms with Gasteiger partial charge in [0.2, 0.25) is 5.91 Å². The summed E-state index contributed by atoms with van der Waals surface area (Å²) in [6.45, 7) is 8.35. The van der Waals surface area contributed by atoms with Crippen molar-refractivity contribution in [1.29, 1.82) is 0 Å². The number of hydrogen-bond donors (Lipinski definition) is 1. The third kappa shape index (κ3) is 3.66. The zero-order valence-electron chi connectivity index (χ0n) is 17.6. The molecule has 0 unspecified atom stereocenters. The molecule has 1 amide bonds. The molecular weight excluding hydrogens is 376 g/mol. The summed E-state index contributed by atoms with van der Waals surface area (Å²) in [4.78, 5) is 17.2. The number of hydrogen-bond acceptors (Lipinski definition) is 4. The van der Waals surface area contributed by atoms with Gasteiger partial charge in [-0.2, -0.15) is 0 Å². The summed E-state index contributed by atoms with van der Waals surface area (Å²) in [7, 11) is 0. The highest BCUT2D eigenvalue weighted by atomic mass is 16.5. The van der Waals surface area contributed by atoms with Crippen molar-refractivity contribution in [1.82, 2.24) is 4.98 Å². The van der Waals surface area contributed by atoms with Gasteiger partial charge >= 0.3 is 0 Å². The van der Waals surface area contributed by atoms with Crippen molar-refractivity contribution in [2.75, 3.05) is 11.9 Å². The molecule has 2 aromatic heterocycles. The lowest BCUT2D eigenvalue weighted by atomic mass is 10.0. The van der Waals surface area contributed by atoms with Crippen molar-refractivity contribution >= 4 is 39.0 Å². The van der Waals surface area contributed by atoms with Gasteiger partial charge in [-0.05, 0) is 57.0 Å². The van der Waals surface area contributed by atoms with E-state index in [0.717, 1.165) is 44.3 Å². The molecule has 0 aliphatic rings. The molecule has 0 radical (unpaired) electrons. The number of ether oxygens (including phenoxy) is 1. The number of carbonyl (C=O) groups is 1. The summed E-state index contributed by atoms with van der Waals surface area (Å²) >= 11 is 0. The molecule has 0 spiro atoms. The third-order valence-corrected chi connectivity index (χ3v) is 5.24. The van der Waals surface area contributed by atoms with Crippen LogP contribution in [0.1, 0.15) is 30.7 Å². The molecule has 0 aliphatic carbocycles. The van der Waals surface area contributed by atoms with Gasteiger partial charge in [0.05, 0.1) is 17.8 Å². The topological polar surface area (TPSA) is 64.4 Å². The first-order valence-electron chi connectivity index (χ1n) is 9.98. The van der Waals surface area contributed by atoms with Gasteiger partial charge in [0.1, 0.15) is 17.1 Å². The van der Waals surface area contributed by atoms with Gasteiger partial charge in [-0.3, -0.25) is 9.78 Å². The molecule has 4 rings (SSSR count). The van der Waals surface area contributed by atoms with Crippen LogP contribution in [0.2, 0.25) is 0 Å². The number of rotatable bonds is 5. The van der Waals surface area contributed by atoms with E-state index in [2.05, 4.69) is 10.3 Å². The van der Waals surface area contributed by atoms with E-state index in [1.54, 1.807) is 12.3 Å². The van der Waals surface area contributed by atoms with Crippen LogP contribution in [0, 0.1) is 13.8 Å². The molecule has 2 aromatic carbocycles. The standard InChI is InChI=1S/C25H24N2O3/c1-5-29-22-14-23-20(16(3)17(4)30-23)13-19(22)15(2)12-24(28)27-21-10-6-8-18-9-7-11-26-25(18)21/h6-14H,5H2,1-4H3,(H,27,28)/b15-12+. The Balaban J connectivity index is 1.69. The van der Waals surface area contributed by atoms with Gasteiger partial charge in [0, 0.05) is 34.7 Å². The van der Waals surface area contributed by atoms with Gasteiger partial charge < -0.3 is 14.5 Å². The van der Waals surface area contributed by atoms with Gasteiger partial charge in [-0.1, -0.05) is 18.2 Å². The second-order valence-electron chi connectivity index (χ2n) is 7.26. The first-order chi connectivity index (χ1) is 14.5. The zero-order chi connectivity index (χ0) is 21.3. The fraction of sp³-hybridized carbons (Fsp3) is 0.200. The van der Waals surface area contributed by atoms with Crippen LogP contribution in [0.4, 0.5) is 5.69 Å². The Labute approximate surface area is 175 Å². The zero-order valence-corrected chi connectivity index (χ0v) is 17.6. The Morgan fingerprint density at radius 2 is 2.00 bits per heavy atom. The molecule has 0 saturated carbocycles. The summed E-state index contributed by atoms with van der Waals surface area (Å²) in [5.74, 6) is 1.37. The summed E-state index contributed by atoms with van der Waals surface area (Å²) in [6.07, 6.45) is 3.31. The van der Waals surface area contributed by atoms with Gasteiger partial charge in [0.15, 0.2) is 0 Å². The normalized spacial score (nSPS) is 11.8. The lowest BCUT2D eigenvalue weighted by molar-refractivity contribution is -0.111. The predicted octanol–water partition coefficient (Wildman–Crippen LogP) is 6.04. The molecule has 0 fully saturated rings. The Hall–Kier alpha value is -3.60. The number of fused-ring (bicyclic) bond motifs is 2. The summed E-state index contributed by atoms with van der Waals surface area (Å²) in [6, 6.07) is 13.5. The highest BCUT2D eigenvalue weighted by Gasteiger charge is 2.15. The molecule has 0 bridgehead atoms. The minimum absolute atomic E-state index is 0.215. The maximum Gasteiger partial charge on any atom is 0.248 e. The number of aryl methyl sites for hydroxylation is 2. The number of benzene rings is 2. The molecule has 0 aliphatic heterocycles. The molecule has 5 heteroatoms. The molecule has 0 atom stereocenters. The number of amides is 1. The van der Waals surface area contributed by atoms with Crippen molar-refractivity contribution in [3.8, 4) is 5.75 Å². The minimum Gasteiger partial charge on any atom is -0.493 e. The van der Waals surface area contributed by atoms with Crippen LogP contribution in [0.25, 0.3) is 27.4 Å². The van der Waals surface area contributed by atoms with Crippen LogP contribution >= 0.6 is 0 Å². The van der Waals surface area contributed by atoms with E-state index < -0.39 is 0 Å². The molecule has 4 aromatic rings. The first kappa shape index (κ1) is 19.7. The predicted molar refractivity (Wildman–Crippen MR) is 121 cm³/mol. The van der Waals surface area contributed by atoms with E-state index >= 15 is 0 Å². The summed E-state index contributed by atoms with van der Waals surface area (Å²) < 4.78 is 11.7. The number of aromatic nitrogens is 1. The van der Waals surface area contributed by atoms with Crippen molar-refractivity contribution in [3.05, 3.63) is 71.6 Å². The van der Waals surface area contributed by atoms with Crippen LogP contribution in [0.15, 0.2) is 59.2 Å². The third-order valence-electron chi connectivity index (χ3n) is 5.24. The quantitative estimate of drug-likeness (QED) is 0.415. The number of furan rings is 1. The number of para-hydroxylation sites is 1. The molecule has 2 heterocycles. The Kier molecular flexibility index (Phi) is 5.27. The molecule has 1 N–H and O–H groups in total. The second-order valence-corrected chi connectivity index (χ2v) is 7.26. The smallest absolute Gasteiger partial charge is 0.248 e. The van der Waals surface area contributed by atoms with E-state index in [9.17, 15) is 4.79 Å². The van der Waals surface area contributed by atoms with Crippen molar-refractivity contribution in [2.24, 2.45) is 0 Å². The monoisotopic (exact) mass is 400 g/mol. The van der Waals surface area contributed by atoms with Crippen molar-refractivity contribution < 1.29 is 13.9 Å². The largest absolute Gasteiger partial charge is 0.493 e. The molecule has 5 nitrogen and oxygen atoms in total. The van der Waals surface area contributed by atoms with E-state index in [4.69, 9.17) is 9.15 Å². The Bertz CT molecular complexity index is 1280. The fourth-order valence-corrected chi connectivity index (χ4v) is 3.60. The maximum absolute atomic E-state index is 12.8. The van der Waals surface area contributed by atoms with Crippen molar-refractivity contribution in [2.45, 2.75) is 27.7 Å². The highest BCUT2D eigenvalue weighted by molar-refractivity contribution is 6.08. The number of anilines is 1. The highest BCUT2D eigenvalue weighted by Crippen LogP contribution is 2.35. The van der Waals surface area contributed by atoms with E-state index in [-0.39, 0.29) is 5.91 Å². The van der Waals surface area contributed by atoms with Gasteiger partial charge in [0.25, 0.3) is 0 Å². The minimum atomic E-state index is -0.215. The maximum atomic E-state index is 12.8. The molecule has 0 saturated heterocycles. The van der Waals surface area contributed by atoms with E-state index in [1.807, 2.05) is 70.2 Å². The van der Waals surface area contributed by atoms with Crippen molar-refractivity contribution in [3.63, 3.8) is 0 Å². The number of nitrogens with zero attached hydrogens (tertiary/aromatic N) is 1. The lowest BCUT2D eigenvalue weighted by Crippen LogP contribution is -2.09. The van der Waals surface area contributed by atoms with Crippen LogP contribution in [0.5, 0.6) is 5.75 Å². The average molecular weight is 400 g/mol. The van der Waals surface area contributed by atoms with Crippen LogP contribution in [0.3, 0.4) is 0 Å². The first-order valence-corrected chi connectivity index (χ1v) is 9.98. The number of carbonyl (C=O) groups excluding carboxylic acids is 1. The number of allylic oxidation sites excluding steroid dienone is 1. The molecule has 152 valence electrons. The SMILES string of the molecule is CCOc1cc2oc(C)c(C)c2cc1/C(C)=C/C(=O)Nc1cccc2cccnc12. The fourth-order valence-electron chi connectivity index (χ4n) is 3.60. The molecule has 30 heavy (non-hydrogen) atoms. The second kappa shape index (κ2) is 8.03. The Morgan fingerprint density at radius 1 is 1.20 bits per heavy atom. The summed E-state index contributed by atoms with van der Waals surface area (Å²) in [5, 5.41) is 4.96. The van der Waals surface area contributed by atoms with Crippen LogP contribution in [-0.2, 0) is 4.79 Å². The van der Waals surface area contributed by atoms with Crippen LogP contribution in [-0.4, -0.2) is 17.5 Å². The van der Waals surface area contributed by atoms with Crippen LogP contribution < -0.4 is 10.1 Å². The van der Waals surface area contributed by atoms with Gasteiger partial charge in [-0.25, -0.2) is 0 Å². The van der Waals surface area contributed by atoms with Gasteiger partial charge in [-0.15, -0.1) is 0 Å². The van der Waals surface area contributed by atoms with E-state index in [0.29, 0.717) is 18.0 Å².